The Labute approximate surface area is 161 Å². The summed E-state index contributed by atoms with van der Waals surface area (Å²) in [5.41, 5.74) is 0. The highest BCUT2D eigenvalue weighted by atomic mass is 35.5. The van der Waals surface area contributed by atoms with Gasteiger partial charge >= 0.3 is 5.97 Å². The van der Waals surface area contributed by atoms with Gasteiger partial charge in [0.15, 0.2) is 6.61 Å². The molecule has 11 heteroatoms. The molecule has 0 fully saturated rings. The van der Waals surface area contributed by atoms with E-state index in [1.54, 1.807) is 0 Å². The molecule has 1 N–H and O–H groups in total. The predicted molar refractivity (Wildman–Crippen MR) is 95.1 cm³/mol. The Morgan fingerprint density at radius 1 is 1.35 bits per heavy atom. The average Bonchev–Trinajstić information content (AvgIpc) is 2.58. The second-order valence-electron chi connectivity index (χ2n) is 5.25. The maximum absolute atomic E-state index is 12.2. The standard InChI is InChI=1S/C15H17Cl2N3O5S/c1-10(15(22)25-9-14(21)20(2)7-3-6-18)19-26(23,24)11-4-5-12(16)13(17)8-11/h4-5,8,10,19H,3,7,9H2,1-2H3/t10-/m0/s1. The number of nitrogens with zero attached hydrogens (tertiary/aromatic N) is 2. The van der Waals surface area contributed by atoms with E-state index in [4.69, 9.17) is 33.2 Å². The fourth-order valence-corrected chi connectivity index (χ4v) is 3.28. The van der Waals surface area contributed by atoms with Crippen LogP contribution in [-0.2, 0) is 24.3 Å². The molecule has 0 aliphatic heterocycles. The smallest absolute Gasteiger partial charge is 0.324 e. The third-order valence-corrected chi connectivity index (χ3v) is 5.49. The van der Waals surface area contributed by atoms with Crippen LogP contribution >= 0.6 is 23.2 Å². The summed E-state index contributed by atoms with van der Waals surface area (Å²) < 4.78 is 31.4. The second-order valence-corrected chi connectivity index (χ2v) is 7.78. The Kier molecular flexibility index (Phi) is 8.30. The largest absolute Gasteiger partial charge is 0.454 e. The van der Waals surface area contributed by atoms with Crippen molar-refractivity contribution in [2.45, 2.75) is 24.3 Å². The van der Waals surface area contributed by atoms with Crippen molar-refractivity contribution in [1.82, 2.24) is 9.62 Å². The van der Waals surface area contributed by atoms with Crippen molar-refractivity contribution in [3.63, 3.8) is 0 Å². The van der Waals surface area contributed by atoms with E-state index in [0.29, 0.717) is 0 Å². The van der Waals surface area contributed by atoms with Crippen molar-refractivity contribution in [2.24, 2.45) is 0 Å². The molecule has 142 valence electrons. The van der Waals surface area contributed by atoms with E-state index in [0.717, 1.165) is 6.07 Å². The van der Waals surface area contributed by atoms with E-state index in [9.17, 15) is 18.0 Å². The molecule has 0 aliphatic rings. The zero-order valence-corrected chi connectivity index (χ0v) is 16.4. The molecule has 0 aromatic heterocycles. The minimum Gasteiger partial charge on any atom is -0.454 e. The van der Waals surface area contributed by atoms with Crippen LogP contribution in [0.2, 0.25) is 10.0 Å². The minimum absolute atomic E-state index is 0.0516. The highest BCUT2D eigenvalue weighted by Crippen LogP contribution is 2.24. The number of likely N-dealkylation sites (N-methyl/N-ethyl adjacent to an activating group) is 1. The molecular formula is C15H17Cl2N3O5S. The van der Waals surface area contributed by atoms with Gasteiger partial charge in [0.25, 0.3) is 5.91 Å². The van der Waals surface area contributed by atoms with Crippen LogP contribution in [0.25, 0.3) is 0 Å². The number of carbonyl (C=O) groups is 2. The van der Waals surface area contributed by atoms with Crippen LogP contribution in [0.4, 0.5) is 0 Å². The Balaban J connectivity index is 2.64. The van der Waals surface area contributed by atoms with Crippen LogP contribution in [-0.4, -0.2) is 51.4 Å². The van der Waals surface area contributed by atoms with Gasteiger partial charge in [-0.3, -0.25) is 9.59 Å². The van der Waals surface area contributed by atoms with Crippen molar-refractivity contribution in [3.05, 3.63) is 28.2 Å². The second kappa shape index (κ2) is 9.73. The predicted octanol–water partition coefficient (Wildman–Crippen LogP) is 1.58. The number of rotatable bonds is 8. The van der Waals surface area contributed by atoms with Gasteiger partial charge in [-0.25, -0.2) is 8.42 Å². The summed E-state index contributed by atoms with van der Waals surface area (Å²) in [6.45, 7) is 0.924. The van der Waals surface area contributed by atoms with Gasteiger partial charge in [-0.05, 0) is 25.1 Å². The number of nitrogens with one attached hydrogen (secondary N) is 1. The van der Waals surface area contributed by atoms with E-state index >= 15 is 0 Å². The number of benzene rings is 1. The number of amides is 1. The molecule has 1 atom stereocenters. The molecule has 0 saturated carbocycles. The summed E-state index contributed by atoms with van der Waals surface area (Å²) in [5, 5.41) is 8.71. The quantitative estimate of drug-likeness (QED) is 0.636. The van der Waals surface area contributed by atoms with Gasteiger partial charge in [0.05, 0.1) is 27.4 Å². The highest BCUT2D eigenvalue weighted by Gasteiger charge is 2.24. The normalized spacial score (nSPS) is 12.1. The van der Waals surface area contributed by atoms with Crippen LogP contribution in [0.15, 0.2) is 23.1 Å². The SMILES string of the molecule is C[C@H](NS(=O)(=O)c1ccc(Cl)c(Cl)c1)C(=O)OCC(=O)N(C)CCC#N. The molecule has 8 nitrogen and oxygen atoms in total. The summed E-state index contributed by atoms with van der Waals surface area (Å²) in [6, 6.07) is 4.37. The Morgan fingerprint density at radius 2 is 2.00 bits per heavy atom. The van der Waals surface area contributed by atoms with Crippen LogP contribution in [0.5, 0.6) is 0 Å². The molecule has 0 spiro atoms. The first kappa shape index (κ1) is 22.2. The first-order valence-corrected chi connectivity index (χ1v) is 9.57. The molecule has 0 aliphatic carbocycles. The zero-order valence-electron chi connectivity index (χ0n) is 14.0. The lowest BCUT2D eigenvalue weighted by molar-refractivity contribution is -0.152. The number of nitriles is 1. The third kappa shape index (κ3) is 6.46. The number of hydrogen-bond acceptors (Lipinski definition) is 6. The van der Waals surface area contributed by atoms with E-state index < -0.39 is 34.5 Å². The summed E-state index contributed by atoms with van der Waals surface area (Å²) in [5.74, 6) is -1.43. The Bertz CT molecular complexity index is 823. The molecule has 1 aromatic carbocycles. The van der Waals surface area contributed by atoms with E-state index in [2.05, 4.69) is 4.72 Å². The van der Waals surface area contributed by atoms with Gasteiger partial charge in [0.2, 0.25) is 10.0 Å². The first-order valence-electron chi connectivity index (χ1n) is 7.33. The summed E-state index contributed by atoms with van der Waals surface area (Å²) >= 11 is 11.5. The monoisotopic (exact) mass is 421 g/mol. The van der Waals surface area contributed by atoms with Crippen molar-refractivity contribution in [3.8, 4) is 6.07 Å². The molecule has 1 aromatic rings. The van der Waals surface area contributed by atoms with Crippen molar-refractivity contribution in [2.75, 3.05) is 20.2 Å². The van der Waals surface area contributed by atoms with E-state index in [-0.39, 0.29) is 27.9 Å². The zero-order chi connectivity index (χ0) is 19.9. The Hall–Kier alpha value is -1.86. The molecule has 1 amide bonds. The third-order valence-electron chi connectivity index (χ3n) is 3.21. The number of hydrogen-bond donors (Lipinski definition) is 1. The summed E-state index contributed by atoms with van der Waals surface area (Å²) in [7, 11) is -2.57. The van der Waals surface area contributed by atoms with E-state index in [1.807, 2.05) is 6.07 Å². The highest BCUT2D eigenvalue weighted by molar-refractivity contribution is 7.89. The summed E-state index contributed by atoms with van der Waals surface area (Å²) in [6.07, 6.45) is 0.149. The Morgan fingerprint density at radius 3 is 2.58 bits per heavy atom. The molecule has 1 rings (SSSR count). The van der Waals surface area contributed by atoms with Crippen LogP contribution in [0.1, 0.15) is 13.3 Å². The van der Waals surface area contributed by atoms with Gasteiger partial charge in [-0.1, -0.05) is 23.2 Å². The molecule has 26 heavy (non-hydrogen) atoms. The van der Waals surface area contributed by atoms with Crippen molar-refractivity contribution >= 4 is 45.1 Å². The number of ether oxygens (including phenoxy) is 1. The molecule has 0 saturated heterocycles. The first-order chi connectivity index (χ1) is 12.1. The molecule has 0 unspecified atom stereocenters. The van der Waals surface area contributed by atoms with Gasteiger partial charge in [-0.2, -0.15) is 9.98 Å². The van der Waals surface area contributed by atoms with Gasteiger partial charge in [0, 0.05) is 13.6 Å². The van der Waals surface area contributed by atoms with Gasteiger partial charge in [0.1, 0.15) is 6.04 Å². The summed E-state index contributed by atoms with van der Waals surface area (Å²) in [4.78, 5) is 24.7. The molecule has 0 heterocycles. The minimum atomic E-state index is -4.04. The molecular weight excluding hydrogens is 405 g/mol. The topological polar surface area (TPSA) is 117 Å². The van der Waals surface area contributed by atoms with Crippen LogP contribution in [0.3, 0.4) is 0 Å². The molecule has 0 radical (unpaired) electrons. The fourth-order valence-electron chi connectivity index (χ4n) is 1.70. The fraction of sp³-hybridized carbons (Fsp3) is 0.400. The average molecular weight is 422 g/mol. The lowest BCUT2D eigenvalue weighted by atomic mass is 10.4. The lowest BCUT2D eigenvalue weighted by Crippen LogP contribution is -2.41. The van der Waals surface area contributed by atoms with Crippen molar-refractivity contribution < 1.29 is 22.7 Å². The molecule has 0 bridgehead atoms. The number of sulfonamides is 1. The van der Waals surface area contributed by atoms with Gasteiger partial charge < -0.3 is 9.64 Å². The van der Waals surface area contributed by atoms with E-state index in [1.165, 1.54) is 31.0 Å². The van der Waals surface area contributed by atoms with Crippen LogP contribution in [0, 0.1) is 11.3 Å². The number of carbonyl (C=O) groups excluding carboxylic acids is 2. The van der Waals surface area contributed by atoms with Crippen LogP contribution < -0.4 is 4.72 Å². The lowest BCUT2D eigenvalue weighted by Gasteiger charge is -2.17. The number of halogens is 2. The van der Waals surface area contributed by atoms with Crippen molar-refractivity contribution in [1.29, 1.82) is 5.26 Å². The maximum atomic E-state index is 12.2. The van der Waals surface area contributed by atoms with Gasteiger partial charge in [-0.15, -0.1) is 0 Å². The maximum Gasteiger partial charge on any atom is 0.324 e. The number of esters is 1.